The fourth-order valence-electron chi connectivity index (χ4n) is 3.35. The Balaban J connectivity index is 1.45. The molecule has 0 spiro atoms. The topological polar surface area (TPSA) is 43.9 Å². The van der Waals surface area contributed by atoms with Crippen LogP contribution in [0.5, 0.6) is 0 Å². The van der Waals surface area contributed by atoms with Crippen LogP contribution < -0.4 is 0 Å². The van der Waals surface area contributed by atoms with Crippen LogP contribution in [0.15, 0.2) is 24.3 Å². The molecule has 0 bridgehead atoms. The number of likely N-dealkylation sites (tertiary alicyclic amines) is 1. The lowest BCUT2D eigenvalue weighted by atomic mass is 10.1. The molecule has 2 fully saturated rings. The summed E-state index contributed by atoms with van der Waals surface area (Å²) in [6.45, 7) is 5.27. The normalized spacial score (nSPS) is 18.9. The number of hydrogen-bond donors (Lipinski definition) is 0. The number of piperazine rings is 1. The molecule has 2 heterocycles. The van der Waals surface area contributed by atoms with Crippen molar-refractivity contribution in [3.8, 4) is 0 Å². The molecule has 0 saturated carbocycles. The molecule has 0 atom stereocenters. The van der Waals surface area contributed by atoms with Gasteiger partial charge in [0, 0.05) is 44.7 Å². The van der Waals surface area contributed by atoms with Crippen LogP contribution in [0.2, 0.25) is 0 Å². The van der Waals surface area contributed by atoms with Gasteiger partial charge in [-0.1, -0.05) is 0 Å². The Kier molecular flexibility index (Phi) is 5.45. The Morgan fingerprint density at radius 2 is 1.46 bits per heavy atom. The van der Waals surface area contributed by atoms with Crippen molar-refractivity contribution in [1.82, 2.24) is 14.7 Å². The monoisotopic (exact) mass is 333 g/mol. The van der Waals surface area contributed by atoms with Crippen molar-refractivity contribution in [2.75, 3.05) is 45.8 Å². The van der Waals surface area contributed by atoms with Crippen LogP contribution >= 0.6 is 0 Å². The van der Waals surface area contributed by atoms with E-state index in [0.717, 1.165) is 19.6 Å². The van der Waals surface area contributed by atoms with Gasteiger partial charge in [-0.3, -0.25) is 9.59 Å². The average molecular weight is 333 g/mol. The number of benzene rings is 1. The van der Waals surface area contributed by atoms with Crippen LogP contribution in [0.4, 0.5) is 4.39 Å². The molecule has 2 aliphatic rings. The molecular weight excluding hydrogens is 309 g/mol. The summed E-state index contributed by atoms with van der Waals surface area (Å²) in [5.74, 6) is -0.269. The van der Waals surface area contributed by atoms with Crippen molar-refractivity contribution in [2.45, 2.75) is 19.3 Å². The molecule has 6 heteroatoms. The molecule has 0 N–H and O–H groups in total. The molecule has 2 amide bonds. The summed E-state index contributed by atoms with van der Waals surface area (Å²) in [6, 6.07) is 5.60. The van der Waals surface area contributed by atoms with E-state index in [1.54, 1.807) is 4.90 Å². The SMILES string of the molecule is O=C(CCN1CCCC1)N1CCN(C(=O)c2ccc(F)cc2)CC1. The Morgan fingerprint density at radius 3 is 2.08 bits per heavy atom. The first kappa shape index (κ1) is 16.9. The smallest absolute Gasteiger partial charge is 0.253 e. The minimum atomic E-state index is -0.347. The second kappa shape index (κ2) is 7.75. The lowest BCUT2D eigenvalue weighted by Crippen LogP contribution is -2.51. The summed E-state index contributed by atoms with van der Waals surface area (Å²) in [4.78, 5) is 30.6. The fourth-order valence-corrected chi connectivity index (χ4v) is 3.35. The van der Waals surface area contributed by atoms with E-state index in [1.807, 2.05) is 4.90 Å². The quantitative estimate of drug-likeness (QED) is 0.841. The Hall–Kier alpha value is -1.95. The molecule has 3 rings (SSSR count). The molecule has 0 unspecified atom stereocenters. The van der Waals surface area contributed by atoms with Gasteiger partial charge in [0.1, 0.15) is 5.82 Å². The summed E-state index contributed by atoms with van der Waals surface area (Å²) < 4.78 is 12.9. The Bertz CT molecular complexity index is 576. The van der Waals surface area contributed by atoms with E-state index in [1.165, 1.54) is 37.1 Å². The Morgan fingerprint density at radius 1 is 0.875 bits per heavy atom. The summed E-state index contributed by atoms with van der Waals surface area (Å²) in [5, 5.41) is 0. The van der Waals surface area contributed by atoms with Crippen LogP contribution in [0.3, 0.4) is 0 Å². The number of amides is 2. The summed E-state index contributed by atoms with van der Waals surface area (Å²) in [6.07, 6.45) is 3.03. The third-order valence-electron chi connectivity index (χ3n) is 4.85. The van der Waals surface area contributed by atoms with Crippen LogP contribution in [0.25, 0.3) is 0 Å². The van der Waals surface area contributed by atoms with Crippen molar-refractivity contribution >= 4 is 11.8 Å². The van der Waals surface area contributed by atoms with Crippen LogP contribution in [0.1, 0.15) is 29.6 Å². The van der Waals surface area contributed by atoms with Gasteiger partial charge in [0.2, 0.25) is 5.91 Å². The van der Waals surface area contributed by atoms with Gasteiger partial charge in [-0.15, -0.1) is 0 Å². The van der Waals surface area contributed by atoms with Crippen molar-refractivity contribution in [3.05, 3.63) is 35.6 Å². The predicted molar refractivity (Wildman–Crippen MR) is 89.2 cm³/mol. The van der Waals surface area contributed by atoms with Gasteiger partial charge in [0.15, 0.2) is 0 Å². The highest BCUT2D eigenvalue weighted by atomic mass is 19.1. The van der Waals surface area contributed by atoms with Gasteiger partial charge in [-0.2, -0.15) is 0 Å². The zero-order valence-corrected chi connectivity index (χ0v) is 13.9. The number of nitrogens with zero attached hydrogens (tertiary/aromatic N) is 3. The number of rotatable bonds is 4. The van der Waals surface area contributed by atoms with Crippen molar-refractivity contribution in [1.29, 1.82) is 0 Å². The minimum absolute atomic E-state index is 0.0980. The first-order chi connectivity index (χ1) is 11.6. The highest BCUT2D eigenvalue weighted by Gasteiger charge is 2.25. The zero-order valence-electron chi connectivity index (χ0n) is 13.9. The third-order valence-corrected chi connectivity index (χ3v) is 4.85. The second-order valence-electron chi connectivity index (χ2n) is 6.48. The van der Waals surface area contributed by atoms with E-state index in [2.05, 4.69) is 4.90 Å². The Labute approximate surface area is 142 Å². The first-order valence-electron chi connectivity index (χ1n) is 8.68. The van der Waals surface area contributed by atoms with Crippen LogP contribution in [-0.4, -0.2) is 72.3 Å². The zero-order chi connectivity index (χ0) is 16.9. The largest absolute Gasteiger partial charge is 0.339 e. The molecule has 2 saturated heterocycles. The summed E-state index contributed by atoms with van der Waals surface area (Å²) in [5.41, 5.74) is 0.491. The van der Waals surface area contributed by atoms with Crippen LogP contribution in [0, 0.1) is 5.82 Å². The maximum Gasteiger partial charge on any atom is 0.253 e. The van der Waals surface area contributed by atoms with E-state index in [0.29, 0.717) is 38.2 Å². The number of hydrogen-bond acceptors (Lipinski definition) is 3. The van der Waals surface area contributed by atoms with Crippen LogP contribution in [-0.2, 0) is 4.79 Å². The molecule has 1 aromatic rings. The van der Waals surface area contributed by atoms with Gasteiger partial charge in [0.05, 0.1) is 0 Å². The predicted octanol–water partition coefficient (Wildman–Crippen LogP) is 1.60. The maximum absolute atomic E-state index is 12.9. The van der Waals surface area contributed by atoms with E-state index < -0.39 is 0 Å². The van der Waals surface area contributed by atoms with Gasteiger partial charge in [-0.05, 0) is 50.2 Å². The molecular formula is C18H24FN3O2. The van der Waals surface area contributed by atoms with Crippen molar-refractivity contribution in [2.24, 2.45) is 0 Å². The van der Waals surface area contributed by atoms with E-state index in [-0.39, 0.29) is 17.6 Å². The maximum atomic E-state index is 12.9. The molecule has 130 valence electrons. The van der Waals surface area contributed by atoms with Crippen molar-refractivity contribution < 1.29 is 14.0 Å². The third kappa shape index (κ3) is 4.12. The highest BCUT2D eigenvalue weighted by molar-refractivity contribution is 5.94. The molecule has 0 aliphatic carbocycles. The molecule has 5 nitrogen and oxygen atoms in total. The van der Waals surface area contributed by atoms with Gasteiger partial charge in [-0.25, -0.2) is 4.39 Å². The second-order valence-corrected chi connectivity index (χ2v) is 6.48. The lowest BCUT2D eigenvalue weighted by molar-refractivity contribution is -0.133. The van der Waals surface area contributed by atoms with E-state index in [4.69, 9.17) is 0 Å². The number of carbonyl (C=O) groups excluding carboxylic acids is 2. The summed E-state index contributed by atoms with van der Waals surface area (Å²) >= 11 is 0. The van der Waals surface area contributed by atoms with Gasteiger partial charge in [0.25, 0.3) is 5.91 Å². The number of carbonyl (C=O) groups is 2. The molecule has 2 aliphatic heterocycles. The van der Waals surface area contributed by atoms with E-state index in [9.17, 15) is 14.0 Å². The molecule has 0 aromatic heterocycles. The van der Waals surface area contributed by atoms with E-state index >= 15 is 0 Å². The van der Waals surface area contributed by atoms with Crippen molar-refractivity contribution in [3.63, 3.8) is 0 Å². The van der Waals surface area contributed by atoms with Gasteiger partial charge >= 0.3 is 0 Å². The molecule has 1 aromatic carbocycles. The first-order valence-corrected chi connectivity index (χ1v) is 8.68. The fraction of sp³-hybridized carbons (Fsp3) is 0.556. The summed E-state index contributed by atoms with van der Waals surface area (Å²) in [7, 11) is 0. The highest BCUT2D eigenvalue weighted by Crippen LogP contribution is 2.12. The van der Waals surface area contributed by atoms with Gasteiger partial charge < -0.3 is 14.7 Å². The minimum Gasteiger partial charge on any atom is -0.339 e. The lowest BCUT2D eigenvalue weighted by Gasteiger charge is -2.35. The number of halogens is 1. The average Bonchev–Trinajstić information content (AvgIpc) is 3.13. The molecule has 0 radical (unpaired) electrons. The molecule has 24 heavy (non-hydrogen) atoms. The standard InChI is InChI=1S/C18H24FN3O2/c19-16-5-3-15(4-6-16)18(24)22-13-11-21(12-14-22)17(23)7-10-20-8-1-2-9-20/h3-6H,1-2,7-14H2.